The Hall–Kier alpha value is -0.0800. The Labute approximate surface area is 137 Å². The van der Waals surface area contributed by atoms with Gasteiger partial charge in [0.2, 0.25) is 0 Å². The highest BCUT2D eigenvalue weighted by Crippen LogP contribution is 2.65. The minimum absolute atomic E-state index is 0.282. The molecule has 128 valence electrons. The van der Waals surface area contributed by atoms with Crippen LogP contribution in [-0.2, 0) is 4.74 Å². The van der Waals surface area contributed by atoms with E-state index in [9.17, 15) is 5.11 Å². The van der Waals surface area contributed by atoms with Crippen LogP contribution in [0.4, 0.5) is 0 Å². The lowest BCUT2D eigenvalue weighted by molar-refractivity contribution is -0.179. The van der Waals surface area contributed by atoms with E-state index in [4.69, 9.17) is 4.74 Å². The van der Waals surface area contributed by atoms with Crippen molar-refractivity contribution < 1.29 is 9.84 Å². The number of fused-ring (bicyclic) bond motifs is 3. The molecule has 3 aliphatic carbocycles. The first-order chi connectivity index (χ1) is 10.4. The van der Waals surface area contributed by atoms with Gasteiger partial charge < -0.3 is 9.84 Å². The Kier molecular flexibility index (Phi) is 4.40. The van der Waals surface area contributed by atoms with Gasteiger partial charge in [0.25, 0.3) is 0 Å². The molecular weight excluding hydrogens is 272 g/mol. The van der Waals surface area contributed by atoms with Crippen LogP contribution >= 0.6 is 0 Å². The van der Waals surface area contributed by atoms with E-state index in [1.54, 1.807) is 0 Å². The van der Waals surface area contributed by atoms with Crippen molar-refractivity contribution in [1.82, 2.24) is 0 Å². The lowest BCUT2D eigenvalue weighted by atomic mass is 9.42. The van der Waals surface area contributed by atoms with Crippen molar-refractivity contribution in [2.45, 2.75) is 72.3 Å². The summed E-state index contributed by atoms with van der Waals surface area (Å²) >= 11 is 0. The molecule has 3 saturated carbocycles. The molecule has 0 bridgehead atoms. The third-order valence-electron chi connectivity index (χ3n) is 8.33. The Morgan fingerprint density at radius 1 is 1.05 bits per heavy atom. The maximum atomic E-state index is 9.94. The summed E-state index contributed by atoms with van der Waals surface area (Å²) in [6.07, 6.45) is 8.27. The number of ether oxygens (including phenoxy) is 1. The van der Waals surface area contributed by atoms with Crippen molar-refractivity contribution in [2.24, 2.45) is 40.4 Å². The van der Waals surface area contributed by atoms with Crippen LogP contribution in [0.5, 0.6) is 0 Å². The molecule has 0 aromatic rings. The minimum atomic E-state index is 0.282. The van der Waals surface area contributed by atoms with Gasteiger partial charge in [-0.2, -0.15) is 0 Å². The molecule has 1 N–H and O–H groups in total. The molecule has 0 aliphatic heterocycles. The molecule has 0 radical (unpaired) electrons. The first kappa shape index (κ1) is 16.8. The first-order valence-corrected chi connectivity index (χ1v) is 9.50. The van der Waals surface area contributed by atoms with Crippen LogP contribution < -0.4 is 0 Å². The molecule has 2 nitrogen and oxygen atoms in total. The predicted octanol–water partition coefficient (Wildman–Crippen LogP) is 4.51. The molecule has 3 fully saturated rings. The fourth-order valence-electron chi connectivity index (χ4n) is 7.13. The zero-order valence-electron chi connectivity index (χ0n) is 15.3. The number of methoxy groups -OCH3 is 1. The van der Waals surface area contributed by atoms with Gasteiger partial charge in [-0.15, -0.1) is 0 Å². The summed E-state index contributed by atoms with van der Waals surface area (Å²) in [4.78, 5) is 0. The maximum absolute atomic E-state index is 9.94. The average molecular weight is 309 g/mol. The van der Waals surface area contributed by atoms with Gasteiger partial charge in [0.05, 0.1) is 6.10 Å². The minimum Gasteiger partial charge on any atom is -0.396 e. The number of rotatable bonds is 2. The van der Waals surface area contributed by atoms with Gasteiger partial charge in [0.1, 0.15) is 0 Å². The molecule has 0 amide bonds. The zero-order chi connectivity index (χ0) is 16.1. The smallest absolute Gasteiger partial charge is 0.0625 e. The van der Waals surface area contributed by atoms with Gasteiger partial charge in [0, 0.05) is 13.7 Å². The molecule has 3 rings (SSSR count). The molecule has 0 aromatic carbocycles. The van der Waals surface area contributed by atoms with Crippen molar-refractivity contribution in [3.8, 4) is 0 Å². The van der Waals surface area contributed by atoms with Crippen LogP contribution in [0.1, 0.15) is 66.2 Å². The Morgan fingerprint density at radius 3 is 2.41 bits per heavy atom. The molecular formula is C20H36O2. The van der Waals surface area contributed by atoms with E-state index in [0.717, 1.165) is 17.8 Å². The van der Waals surface area contributed by atoms with E-state index in [1.807, 2.05) is 7.11 Å². The van der Waals surface area contributed by atoms with Crippen LogP contribution in [0, 0.1) is 40.4 Å². The van der Waals surface area contributed by atoms with Crippen molar-refractivity contribution in [3.05, 3.63) is 0 Å². The highest BCUT2D eigenvalue weighted by Gasteiger charge is 2.59. The summed E-state index contributed by atoms with van der Waals surface area (Å²) in [6.45, 7) is 10.2. The second kappa shape index (κ2) is 5.77. The Bertz CT molecular complexity index is 405. The molecule has 22 heavy (non-hydrogen) atoms. The largest absolute Gasteiger partial charge is 0.396 e. The molecule has 0 spiro atoms. The van der Waals surface area contributed by atoms with Crippen LogP contribution in [0.25, 0.3) is 0 Å². The third-order valence-corrected chi connectivity index (χ3v) is 8.33. The van der Waals surface area contributed by atoms with E-state index >= 15 is 0 Å². The summed E-state index contributed by atoms with van der Waals surface area (Å²) in [5.41, 5.74) is 0.736. The summed E-state index contributed by atoms with van der Waals surface area (Å²) in [5.74, 6) is 3.59. The van der Waals surface area contributed by atoms with Crippen molar-refractivity contribution in [2.75, 3.05) is 13.7 Å². The van der Waals surface area contributed by atoms with E-state index in [-0.39, 0.29) is 5.41 Å². The first-order valence-electron chi connectivity index (χ1n) is 9.50. The van der Waals surface area contributed by atoms with Crippen LogP contribution in [0.2, 0.25) is 0 Å². The summed E-state index contributed by atoms with van der Waals surface area (Å²) in [5, 5.41) is 9.94. The van der Waals surface area contributed by atoms with Gasteiger partial charge >= 0.3 is 0 Å². The van der Waals surface area contributed by atoms with E-state index in [0.29, 0.717) is 30.0 Å². The molecule has 0 aromatic heterocycles. The summed E-state index contributed by atoms with van der Waals surface area (Å²) in [7, 11) is 1.89. The molecule has 2 heteroatoms. The highest BCUT2D eigenvalue weighted by atomic mass is 16.5. The molecule has 1 unspecified atom stereocenters. The number of hydrogen-bond donors (Lipinski definition) is 1. The number of aliphatic hydroxyl groups excluding tert-OH is 1. The monoisotopic (exact) mass is 308 g/mol. The highest BCUT2D eigenvalue weighted by molar-refractivity contribution is 5.08. The van der Waals surface area contributed by atoms with Gasteiger partial charge in [-0.25, -0.2) is 0 Å². The van der Waals surface area contributed by atoms with Gasteiger partial charge in [-0.3, -0.25) is 0 Å². The second-order valence-electron chi connectivity index (χ2n) is 9.39. The van der Waals surface area contributed by atoms with Crippen molar-refractivity contribution >= 4 is 0 Å². The van der Waals surface area contributed by atoms with Crippen molar-refractivity contribution in [3.63, 3.8) is 0 Å². The lowest BCUT2D eigenvalue weighted by Crippen LogP contribution is -2.58. The molecule has 0 saturated heterocycles. The van der Waals surface area contributed by atoms with Gasteiger partial charge in [-0.05, 0) is 72.5 Å². The SMILES string of the molecule is CO[C@H]1CC[C@]2(C)[C@H]3CC[C@@H](C)[C@@H](CO)C3CC[C@H]2C1(C)C. The number of hydrogen-bond acceptors (Lipinski definition) is 2. The second-order valence-corrected chi connectivity index (χ2v) is 9.39. The van der Waals surface area contributed by atoms with Gasteiger partial charge in [-0.1, -0.05) is 34.1 Å². The van der Waals surface area contributed by atoms with Crippen LogP contribution in [-0.4, -0.2) is 24.9 Å². The fraction of sp³-hybridized carbons (Fsp3) is 1.00. The van der Waals surface area contributed by atoms with Crippen LogP contribution in [0.15, 0.2) is 0 Å². The summed E-state index contributed by atoms with van der Waals surface area (Å²) in [6, 6.07) is 0. The fourth-order valence-corrected chi connectivity index (χ4v) is 7.13. The van der Waals surface area contributed by atoms with E-state index in [2.05, 4.69) is 27.7 Å². The van der Waals surface area contributed by atoms with Crippen molar-refractivity contribution in [1.29, 1.82) is 0 Å². The summed E-state index contributed by atoms with van der Waals surface area (Å²) < 4.78 is 5.86. The number of aliphatic hydroxyl groups is 1. The predicted molar refractivity (Wildman–Crippen MR) is 90.6 cm³/mol. The Morgan fingerprint density at radius 2 is 1.77 bits per heavy atom. The average Bonchev–Trinajstić information content (AvgIpc) is 2.46. The van der Waals surface area contributed by atoms with Crippen LogP contribution in [0.3, 0.4) is 0 Å². The third kappa shape index (κ3) is 2.28. The van der Waals surface area contributed by atoms with E-state index < -0.39 is 0 Å². The quantitative estimate of drug-likeness (QED) is 0.813. The standard InChI is InChI=1S/C20H36O2/c1-13-6-8-16-14(15(13)12-21)7-9-17-19(2,3)18(22-5)10-11-20(16,17)4/h13-18,21H,6-12H2,1-5H3/t13-,14?,15-,16+,17+,18+,20-/m1/s1. The lowest BCUT2D eigenvalue weighted by Gasteiger charge is -2.63. The molecule has 0 heterocycles. The van der Waals surface area contributed by atoms with E-state index in [1.165, 1.54) is 38.5 Å². The molecule has 3 aliphatic rings. The Balaban J connectivity index is 1.90. The topological polar surface area (TPSA) is 29.5 Å². The zero-order valence-corrected chi connectivity index (χ0v) is 15.3. The normalized spacial score (nSPS) is 51.0. The maximum Gasteiger partial charge on any atom is 0.0625 e. The van der Waals surface area contributed by atoms with Gasteiger partial charge in [0.15, 0.2) is 0 Å². The molecule has 7 atom stereocenters.